The first-order valence-electron chi connectivity index (χ1n) is 17.0. The number of carbonyl (C=O) groups is 2. The molecule has 26 nitrogen and oxygen atoms in total. The van der Waals surface area contributed by atoms with E-state index in [0.717, 1.165) is 6.92 Å². The molecular formula is C29H51N5O21. The molecule has 0 aromatic heterocycles. The Hall–Kier alpha value is -2.71. The van der Waals surface area contributed by atoms with E-state index in [4.69, 9.17) is 59.8 Å². The Labute approximate surface area is 312 Å². The summed E-state index contributed by atoms with van der Waals surface area (Å²) in [6, 6.07) is -1.47. The molecular weight excluding hydrogens is 754 g/mol. The summed E-state index contributed by atoms with van der Waals surface area (Å²) in [4.78, 5) is 27.8. The Morgan fingerprint density at radius 1 is 0.600 bits per heavy atom. The maximum absolute atomic E-state index is 12.3. The van der Waals surface area contributed by atoms with Crippen LogP contribution in [0.1, 0.15) is 6.92 Å². The number of amides is 2. The van der Waals surface area contributed by atoms with Gasteiger partial charge in [-0.25, -0.2) is 9.79 Å². The van der Waals surface area contributed by atoms with Crippen LogP contribution < -0.4 is 22.5 Å². The van der Waals surface area contributed by atoms with Crippen LogP contribution in [0.5, 0.6) is 0 Å². The molecule has 0 aromatic carbocycles. The molecule has 26 heteroatoms. The normalized spacial score (nSPS) is 45.0. The molecule has 318 valence electrons. The minimum Gasteiger partial charge on any atom is -0.441 e. The van der Waals surface area contributed by atoms with E-state index >= 15 is 0 Å². The standard InChI is InChI=1S/C29H51N5O21/c1-7(39)33-12-8(3-35)49-26(54-23-16(43)24(34-28(30)31)48-11(6-38)20(23)55-29(32)46)17(44)21(12)52-27-18(45)22(13(40)9(4-36)50-27)53-25-15(42)14(41)19(47-2)10(5-37)51-25/h8-27,35-38,40-45H,3-6H2,1-2H3,(H2,32,46)(H,33,39)(H4,30,31,34)/t8-,9-,10-,11+,12-,13+,14-,15-,16-,17-,18-,19+,20+,21+,22+,23-,24+,25+,26+,27+/m1/s1. The first-order valence-corrected chi connectivity index (χ1v) is 17.0. The number of aliphatic hydroxyl groups excluding tert-OH is 10. The van der Waals surface area contributed by atoms with Gasteiger partial charge in [0.25, 0.3) is 0 Å². The fourth-order valence-electron chi connectivity index (χ4n) is 6.75. The van der Waals surface area contributed by atoms with Crippen molar-refractivity contribution in [2.24, 2.45) is 22.2 Å². The van der Waals surface area contributed by atoms with Crippen molar-refractivity contribution in [1.29, 1.82) is 0 Å². The smallest absolute Gasteiger partial charge is 0.404 e. The second kappa shape index (κ2) is 19.6. The number of nitrogens with one attached hydrogen (secondary N) is 1. The van der Waals surface area contributed by atoms with Crippen molar-refractivity contribution in [1.82, 2.24) is 5.32 Å². The van der Waals surface area contributed by atoms with Gasteiger partial charge in [-0.2, -0.15) is 0 Å². The van der Waals surface area contributed by atoms with Gasteiger partial charge in [0.2, 0.25) is 5.91 Å². The number of guanidine groups is 1. The van der Waals surface area contributed by atoms with Crippen molar-refractivity contribution in [3.05, 3.63) is 0 Å². The van der Waals surface area contributed by atoms with E-state index < -0.39 is 167 Å². The van der Waals surface area contributed by atoms with Gasteiger partial charge in [-0.05, 0) is 0 Å². The Kier molecular flexibility index (Phi) is 16.1. The largest absolute Gasteiger partial charge is 0.441 e. The van der Waals surface area contributed by atoms with E-state index in [1.807, 2.05) is 0 Å². The van der Waals surface area contributed by atoms with E-state index in [2.05, 4.69) is 10.3 Å². The monoisotopic (exact) mass is 805 g/mol. The predicted molar refractivity (Wildman–Crippen MR) is 172 cm³/mol. The lowest BCUT2D eigenvalue weighted by Gasteiger charge is -2.50. The van der Waals surface area contributed by atoms with Crippen LogP contribution in [0.4, 0.5) is 4.79 Å². The number of hydrogen-bond acceptors (Lipinski definition) is 22. The average molecular weight is 806 g/mol. The van der Waals surface area contributed by atoms with Crippen molar-refractivity contribution >= 4 is 18.0 Å². The lowest BCUT2D eigenvalue weighted by Crippen LogP contribution is -2.70. The van der Waals surface area contributed by atoms with Gasteiger partial charge in [0.15, 0.2) is 37.2 Å². The minimum absolute atomic E-state index is 0.567. The number of aliphatic hydroxyl groups is 10. The number of methoxy groups -OCH3 is 1. The molecule has 0 bridgehead atoms. The predicted octanol–water partition coefficient (Wildman–Crippen LogP) is -9.57. The molecule has 4 rings (SSSR count). The molecule has 0 aliphatic carbocycles. The third-order valence-electron chi connectivity index (χ3n) is 9.36. The Balaban J connectivity index is 1.65. The first-order chi connectivity index (χ1) is 26.0. The third-order valence-corrected chi connectivity index (χ3v) is 9.36. The fraction of sp³-hybridized carbons (Fsp3) is 0.897. The second-order valence-corrected chi connectivity index (χ2v) is 13.1. The van der Waals surface area contributed by atoms with Gasteiger partial charge in [-0.3, -0.25) is 4.79 Å². The zero-order chi connectivity index (χ0) is 40.9. The topological polar surface area (TPSA) is 422 Å². The van der Waals surface area contributed by atoms with Crippen molar-refractivity contribution in [2.75, 3.05) is 33.5 Å². The SMILES string of the molecule is CO[C@@H]1[C@H](O)[C@@H](O)[C@H](O[C@H]2[C@@H](O)[C@@H](CO)O[C@@H](O[C@@H]3[C@@H](O)[C@H](O[C@@H]4[C@@H](O)[C@@H](N=C(N)N)O[C@@H](CO)[C@@H]4OC(N)=O)O[C@H](CO)[C@H]3NC(C)=O)[C@@H]2O)O[C@@H]1CO. The average Bonchev–Trinajstić information content (AvgIpc) is 3.13. The van der Waals surface area contributed by atoms with Crippen LogP contribution in [0.25, 0.3) is 0 Å². The molecule has 0 saturated carbocycles. The highest BCUT2D eigenvalue weighted by Crippen LogP contribution is 2.35. The molecule has 0 unspecified atom stereocenters. The summed E-state index contributed by atoms with van der Waals surface area (Å²) in [5, 5.41) is 109. The molecule has 4 aliphatic heterocycles. The van der Waals surface area contributed by atoms with Crippen LogP contribution in [-0.2, 0) is 47.4 Å². The molecule has 2 amide bonds. The lowest BCUT2D eigenvalue weighted by atomic mass is 9.93. The van der Waals surface area contributed by atoms with Gasteiger partial charge >= 0.3 is 6.09 Å². The van der Waals surface area contributed by atoms with Gasteiger partial charge < -0.3 is 116 Å². The first kappa shape index (κ1) is 45.0. The molecule has 0 radical (unpaired) electrons. The Morgan fingerprint density at radius 3 is 1.62 bits per heavy atom. The summed E-state index contributed by atoms with van der Waals surface area (Å²) < 4.78 is 50.0. The molecule has 0 aromatic rings. The molecule has 4 saturated heterocycles. The number of nitrogens with two attached hydrogens (primary N) is 3. The highest BCUT2D eigenvalue weighted by atomic mass is 16.8. The number of nitrogens with zero attached hydrogens (tertiary/aromatic N) is 1. The fourth-order valence-corrected chi connectivity index (χ4v) is 6.75. The van der Waals surface area contributed by atoms with Crippen molar-refractivity contribution in [3.63, 3.8) is 0 Å². The number of aliphatic imine (C=N–C) groups is 1. The Bertz CT molecular complexity index is 1290. The van der Waals surface area contributed by atoms with Crippen LogP contribution in [0.3, 0.4) is 0 Å². The van der Waals surface area contributed by atoms with Gasteiger partial charge in [-0.1, -0.05) is 0 Å². The molecule has 20 atom stereocenters. The summed E-state index contributed by atoms with van der Waals surface area (Å²) >= 11 is 0. The molecule has 55 heavy (non-hydrogen) atoms. The zero-order valence-corrected chi connectivity index (χ0v) is 29.5. The van der Waals surface area contributed by atoms with Gasteiger partial charge in [0.1, 0.15) is 85.5 Å². The van der Waals surface area contributed by atoms with E-state index in [1.54, 1.807) is 0 Å². The van der Waals surface area contributed by atoms with Crippen LogP contribution in [0.15, 0.2) is 4.99 Å². The number of primary amides is 1. The summed E-state index contributed by atoms with van der Waals surface area (Å²) in [6.45, 7) is -2.30. The number of rotatable bonds is 14. The van der Waals surface area contributed by atoms with Crippen LogP contribution in [-0.4, -0.2) is 225 Å². The number of carbonyl (C=O) groups excluding carboxylic acids is 2. The minimum atomic E-state index is -2.08. The number of hydrogen-bond donors (Lipinski definition) is 14. The van der Waals surface area contributed by atoms with E-state index in [-0.39, 0.29) is 0 Å². The summed E-state index contributed by atoms with van der Waals surface area (Å²) in [7, 11) is 1.19. The lowest BCUT2D eigenvalue weighted by molar-refractivity contribution is -0.380. The van der Waals surface area contributed by atoms with Gasteiger partial charge in [0.05, 0.1) is 32.5 Å². The van der Waals surface area contributed by atoms with Gasteiger partial charge in [-0.15, -0.1) is 0 Å². The quantitative estimate of drug-likeness (QED) is 0.0572. The highest BCUT2D eigenvalue weighted by Gasteiger charge is 2.56. The second-order valence-electron chi connectivity index (χ2n) is 13.1. The highest BCUT2D eigenvalue weighted by molar-refractivity contribution is 5.75. The molecule has 0 spiro atoms. The molecule has 4 aliphatic rings. The molecule has 17 N–H and O–H groups in total. The van der Waals surface area contributed by atoms with Crippen molar-refractivity contribution < 1.29 is 103 Å². The van der Waals surface area contributed by atoms with E-state index in [9.17, 15) is 60.7 Å². The van der Waals surface area contributed by atoms with E-state index in [1.165, 1.54) is 7.11 Å². The Morgan fingerprint density at radius 2 is 1.09 bits per heavy atom. The summed E-state index contributed by atoms with van der Waals surface area (Å²) in [5.41, 5.74) is 16.1. The summed E-state index contributed by atoms with van der Waals surface area (Å²) in [5.74, 6) is -1.29. The van der Waals surface area contributed by atoms with Crippen LogP contribution in [0.2, 0.25) is 0 Å². The number of ether oxygens (including phenoxy) is 9. The zero-order valence-electron chi connectivity index (χ0n) is 29.5. The molecule has 4 heterocycles. The molecule has 4 fully saturated rings. The van der Waals surface area contributed by atoms with Gasteiger partial charge in [0, 0.05) is 14.0 Å². The summed E-state index contributed by atoms with van der Waals surface area (Å²) in [6.07, 6.45) is -34.4. The van der Waals surface area contributed by atoms with Crippen molar-refractivity contribution in [2.45, 2.75) is 130 Å². The van der Waals surface area contributed by atoms with Crippen LogP contribution in [0, 0.1) is 0 Å². The van der Waals surface area contributed by atoms with Crippen LogP contribution >= 0.6 is 0 Å². The maximum Gasteiger partial charge on any atom is 0.404 e. The third kappa shape index (κ3) is 10.1. The van der Waals surface area contributed by atoms with E-state index in [0.29, 0.717) is 0 Å². The van der Waals surface area contributed by atoms with Crippen molar-refractivity contribution in [3.8, 4) is 0 Å². The maximum atomic E-state index is 12.3.